The van der Waals surface area contributed by atoms with E-state index < -0.39 is 0 Å². The van der Waals surface area contributed by atoms with Crippen LogP contribution in [0.2, 0.25) is 0 Å². The summed E-state index contributed by atoms with van der Waals surface area (Å²) >= 11 is 0. The average molecular weight is 232 g/mol. The predicted octanol–water partition coefficient (Wildman–Crippen LogP) is 2.03. The van der Waals surface area contributed by atoms with Crippen LogP contribution in [-0.2, 0) is 12.5 Å². The molecule has 1 aliphatic rings. The maximum atomic E-state index is 9.31. The summed E-state index contributed by atoms with van der Waals surface area (Å²) in [5.41, 5.74) is 2.01. The zero-order valence-corrected chi connectivity index (χ0v) is 11.0. The molecular weight excluding hydrogens is 212 g/mol. The fourth-order valence-electron chi connectivity index (χ4n) is 1.98. The number of hydrogen-bond acceptors (Lipinski definition) is 3. The lowest BCUT2D eigenvalue weighted by atomic mass is 9.88. The fourth-order valence-corrected chi connectivity index (χ4v) is 1.98. The molecule has 17 heavy (non-hydrogen) atoms. The first-order chi connectivity index (χ1) is 7.91. The van der Waals surface area contributed by atoms with Gasteiger partial charge in [0.1, 0.15) is 6.04 Å². The molecule has 0 aromatic carbocycles. The van der Waals surface area contributed by atoms with Gasteiger partial charge in [0.25, 0.3) is 0 Å². The van der Waals surface area contributed by atoms with Crippen molar-refractivity contribution in [3.8, 4) is 6.07 Å². The first-order valence-corrected chi connectivity index (χ1v) is 6.11. The van der Waals surface area contributed by atoms with Crippen LogP contribution in [0.4, 0.5) is 0 Å². The van der Waals surface area contributed by atoms with E-state index in [0.29, 0.717) is 6.04 Å². The molecule has 0 bridgehead atoms. The normalized spacial score (nSPS) is 17.8. The Morgan fingerprint density at radius 1 is 1.53 bits per heavy atom. The Morgan fingerprint density at radius 2 is 2.18 bits per heavy atom. The van der Waals surface area contributed by atoms with Crippen LogP contribution in [0, 0.1) is 11.3 Å². The van der Waals surface area contributed by atoms with Gasteiger partial charge >= 0.3 is 0 Å². The molecule has 0 amide bonds. The smallest absolute Gasteiger partial charge is 0.124 e. The topological polar surface area (TPSA) is 53.6 Å². The summed E-state index contributed by atoms with van der Waals surface area (Å²) in [7, 11) is 1.91. The molecule has 1 aromatic heterocycles. The highest BCUT2D eigenvalue weighted by Crippen LogP contribution is 2.30. The zero-order chi connectivity index (χ0) is 12.6. The van der Waals surface area contributed by atoms with Crippen LogP contribution in [0.3, 0.4) is 0 Å². The minimum absolute atomic E-state index is 0.0308. The van der Waals surface area contributed by atoms with Gasteiger partial charge in [-0.05, 0) is 12.8 Å². The summed E-state index contributed by atoms with van der Waals surface area (Å²) in [6.45, 7) is 6.39. The molecule has 92 valence electrons. The standard InChI is InChI=1S/C13H20N4/c1-13(2,3)12-10(8-17(4)16-12)11(7-14)15-9-5-6-9/h8-9,11,15H,5-6H2,1-4H3. The number of hydrogen-bond donors (Lipinski definition) is 1. The van der Waals surface area contributed by atoms with Gasteiger partial charge in [-0.3, -0.25) is 10.00 Å². The van der Waals surface area contributed by atoms with Crippen molar-refractivity contribution in [2.45, 2.75) is 51.1 Å². The largest absolute Gasteiger partial charge is 0.295 e. The highest BCUT2D eigenvalue weighted by atomic mass is 15.3. The molecule has 1 saturated carbocycles. The van der Waals surface area contributed by atoms with Crippen molar-refractivity contribution in [3.63, 3.8) is 0 Å². The van der Waals surface area contributed by atoms with Gasteiger partial charge in [-0.15, -0.1) is 0 Å². The van der Waals surface area contributed by atoms with Crippen LogP contribution >= 0.6 is 0 Å². The Morgan fingerprint density at radius 3 is 2.65 bits per heavy atom. The van der Waals surface area contributed by atoms with Gasteiger partial charge in [0.2, 0.25) is 0 Å². The minimum Gasteiger partial charge on any atom is -0.295 e. The van der Waals surface area contributed by atoms with Gasteiger partial charge in [0, 0.05) is 30.3 Å². The third kappa shape index (κ3) is 2.67. The Kier molecular flexibility index (Phi) is 2.96. The van der Waals surface area contributed by atoms with Crippen molar-refractivity contribution < 1.29 is 0 Å². The number of nitriles is 1. The third-order valence-electron chi connectivity index (χ3n) is 2.99. The number of nitrogens with zero attached hydrogens (tertiary/aromatic N) is 3. The van der Waals surface area contributed by atoms with Gasteiger partial charge in [-0.25, -0.2) is 0 Å². The van der Waals surface area contributed by atoms with E-state index in [-0.39, 0.29) is 11.5 Å². The van der Waals surface area contributed by atoms with Crippen molar-refractivity contribution in [2.24, 2.45) is 7.05 Å². The Bertz CT molecular complexity index is 443. The lowest BCUT2D eigenvalue weighted by molar-refractivity contribution is 0.535. The number of aromatic nitrogens is 2. The number of nitrogens with one attached hydrogen (secondary N) is 1. The second kappa shape index (κ2) is 4.15. The van der Waals surface area contributed by atoms with Gasteiger partial charge in [0.05, 0.1) is 11.8 Å². The van der Waals surface area contributed by atoms with E-state index in [1.165, 1.54) is 12.8 Å². The maximum absolute atomic E-state index is 9.31. The molecule has 2 rings (SSSR count). The molecular formula is C13H20N4. The summed E-state index contributed by atoms with van der Waals surface area (Å²) in [5.74, 6) is 0. The van der Waals surface area contributed by atoms with Crippen molar-refractivity contribution in [3.05, 3.63) is 17.5 Å². The highest BCUT2D eigenvalue weighted by Gasteiger charge is 2.30. The van der Waals surface area contributed by atoms with Crippen LogP contribution in [-0.4, -0.2) is 15.8 Å². The van der Waals surface area contributed by atoms with Crippen LogP contribution in [0.5, 0.6) is 0 Å². The lowest BCUT2D eigenvalue weighted by Crippen LogP contribution is -2.25. The summed E-state index contributed by atoms with van der Waals surface area (Å²) in [6.07, 6.45) is 4.33. The lowest BCUT2D eigenvalue weighted by Gasteiger charge is -2.19. The SMILES string of the molecule is Cn1cc(C(C#N)NC2CC2)c(C(C)(C)C)n1. The van der Waals surface area contributed by atoms with E-state index in [2.05, 4.69) is 37.3 Å². The average Bonchev–Trinajstić information content (AvgIpc) is 2.95. The van der Waals surface area contributed by atoms with E-state index in [4.69, 9.17) is 0 Å². The molecule has 0 radical (unpaired) electrons. The maximum Gasteiger partial charge on any atom is 0.124 e. The van der Waals surface area contributed by atoms with Crippen LogP contribution in [0.15, 0.2) is 6.20 Å². The Balaban J connectivity index is 2.32. The monoisotopic (exact) mass is 232 g/mol. The van der Waals surface area contributed by atoms with E-state index in [1.807, 2.05) is 13.2 Å². The first-order valence-electron chi connectivity index (χ1n) is 6.11. The molecule has 0 saturated heterocycles. The molecule has 1 atom stereocenters. The van der Waals surface area contributed by atoms with Crippen LogP contribution < -0.4 is 5.32 Å². The minimum atomic E-state index is -0.231. The second-order valence-electron chi connectivity index (χ2n) is 5.86. The molecule has 1 N–H and O–H groups in total. The predicted molar refractivity (Wildman–Crippen MR) is 66.4 cm³/mol. The summed E-state index contributed by atoms with van der Waals surface area (Å²) in [5, 5.41) is 17.2. The summed E-state index contributed by atoms with van der Waals surface area (Å²) in [6, 6.07) is 2.64. The fraction of sp³-hybridized carbons (Fsp3) is 0.692. The van der Waals surface area contributed by atoms with Crippen molar-refractivity contribution >= 4 is 0 Å². The van der Waals surface area contributed by atoms with Crippen molar-refractivity contribution in [1.82, 2.24) is 15.1 Å². The van der Waals surface area contributed by atoms with Crippen molar-refractivity contribution in [1.29, 1.82) is 5.26 Å². The molecule has 0 spiro atoms. The Labute approximate surface area is 103 Å². The highest BCUT2D eigenvalue weighted by molar-refractivity contribution is 5.31. The van der Waals surface area contributed by atoms with E-state index in [0.717, 1.165) is 11.3 Å². The van der Waals surface area contributed by atoms with Gasteiger partial charge in [-0.2, -0.15) is 10.4 Å². The van der Waals surface area contributed by atoms with Gasteiger partial charge < -0.3 is 0 Å². The van der Waals surface area contributed by atoms with Crippen LogP contribution in [0.1, 0.15) is 50.9 Å². The second-order valence-corrected chi connectivity index (χ2v) is 5.86. The number of aryl methyl sites for hydroxylation is 1. The van der Waals surface area contributed by atoms with Gasteiger partial charge in [-0.1, -0.05) is 20.8 Å². The molecule has 1 aliphatic carbocycles. The molecule has 0 aliphatic heterocycles. The summed E-state index contributed by atoms with van der Waals surface area (Å²) < 4.78 is 1.80. The molecule has 4 nitrogen and oxygen atoms in total. The quantitative estimate of drug-likeness (QED) is 0.867. The van der Waals surface area contributed by atoms with Crippen molar-refractivity contribution in [2.75, 3.05) is 0 Å². The zero-order valence-electron chi connectivity index (χ0n) is 11.0. The first kappa shape index (κ1) is 12.1. The molecule has 4 heteroatoms. The van der Waals surface area contributed by atoms with Gasteiger partial charge in [0.15, 0.2) is 0 Å². The summed E-state index contributed by atoms with van der Waals surface area (Å²) in [4.78, 5) is 0. The third-order valence-corrected chi connectivity index (χ3v) is 2.99. The molecule has 1 aromatic rings. The Hall–Kier alpha value is -1.34. The molecule has 1 fully saturated rings. The number of rotatable bonds is 3. The van der Waals surface area contributed by atoms with E-state index in [9.17, 15) is 5.26 Å². The van der Waals surface area contributed by atoms with E-state index >= 15 is 0 Å². The molecule has 1 unspecified atom stereocenters. The van der Waals surface area contributed by atoms with Crippen LogP contribution in [0.25, 0.3) is 0 Å². The molecule has 1 heterocycles. The van der Waals surface area contributed by atoms with E-state index in [1.54, 1.807) is 4.68 Å².